The molecule has 1 saturated carbocycles. The van der Waals surface area contributed by atoms with Gasteiger partial charge in [-0.25, -0.2) is 0 Å². The molecule has 3 fully saturated rings. The van der Waals surface area contributed by atoms with Gasteiger partial charge in [0.1, 0.15) is 24.4 Å². The van der Waals surface area contributed by atoms with E-state index in [4.69, 9.17) is 14.9 Å². The third-order valence-corrected chi connectivity index (χ3v) is 3.84. The van der Waals surface area contributed by atoms with Crippen LogP contribution in [-0.2, 0) is 9.68 Å². The molecule has 1 spiro atoms. The molecule has 8 heteroatoms. The Balaban J connectivity index is 1.75. The van der Waals surface area contributed by atoms with Gasteiger partial charge in [0.05, 0.1) is 12.0 Å². The van der Waals surface area contributed by atoms with Crippen molar-refractivity contribution in [2.75, 3.05) is 6.61 Å². The lowest BCUT2D eigenvalue weighted by molar-refractivity contribution is -0.522. The van der Waals surface area contributed by atoms with Gasteiger partial charge in [-0.05, 0) is 6.42 Å². The van der Waals surface area contributed by atoms with Gasteiger partial charge in [0.2, 0.25) is 0 Å². The molecule has 1 N–H and O–H groups in total. The highest BCUT2D eigenvalue weighted by Gasteiger charge is 2.66. The molecule has 3 aliphatic rings. The smallest absolute Gasteiger partial charge is 0.258 e. The number of nitriles is 1. The van der Waals surface area contributed by atoms with Crippen LogP contribution < -0.4 is 0 Å². The van der Waals surface area contributed by atoms with Crippen molar-refractivity contribution < 1.29 is 19.7 Å². The molecule has 0 aromatic carbocycles. The van der Waals surface area contributed by atoms with E-state index < -0.39 is 29.7 Å². The Morgan fingerprint density at radius 3 is 2.94 bits per heavy atom. The zero-order valence-corrected chi connectivity index (χ0v) is 8.85. The van der Waals surface area contributed by atoms with E-state index in [-0.39, 0.29) is 11.5 Å². The highest BCUT2D eigenvalue weighted by atomic mass is 17.0. The van der Waals surface area contributed by atoms with Crippen molar-refractivity contribution in [1.82, 2.24) is 5.23 Å². The molecule has 0 aromatic heterocycles. The lowest BCUT2D eigenvalue weighted by Gasteiger charge is -2.45. The average Bonchev–Trinajstić information content (AvgIpc) is 2.82. The molecule has 5 atom stereocenters. The first kappa shape index (κ1) is 10.9. The van der Waals surface area contributed by atoms with E-state index in [0.717, 1.165) is 5.23 Å². The van der Waals surface area contributed by atoms with Crippen LogP contribution >= 0.6 is 0 Å². The molecule has 0 radical (unpaired) electrons. The van der Waals surface area contributed by atoms with E-state index in [1.165, 1.54) is 0 Å². The number of fused-ring (bicyclic) bond motifs is 1. The molecule has 5 unspecified atom stereocenters. The molecular weight excluding hydrogens is 230 g/mol. The summed E-state index contributed by atoms with van der Waals surface area (Å²) >= 11 is 0. The van der Waals surface area contributed by atoms with Crippen LogP contribution in [0.5, 0.6) is 0 Å². The van der Waals surface area contributed by atoms with Crippen LogP contribution in [0.3, 0.4) is 0 Å². The number of hydrogen-bond acceptors (Lipinski definition) is 7. The second kappa shape index (κ2) is 3.36. The third-order valence-electron chi connectivity index (χ3n) is 3.84. The summed E-state index contributed by atoms with van der Waals surface area (Å²) in [5.41, 5.74) is -0.861. The van der Waals surface area contributed by atoms with E-state index in [9.17, 15) is 15.2 Å². The van der Waals surface area contributed by atoms with E-state index in [0.29, 0.717) is 12.8 Å². The first-order valence-corrected chi connectivity index (χ1v) is 5.40. The second-order valence-corrected chi connectivity index (χ2v) is 4.75. The third kappa shape index (κ3) is 1.31. The van der Waals surface area contributed by atoms with Gasteiger partial charge in [-0.1, -0.05) is 5.23 Å². The minimum Gasteiger partial charge on any atom is -0.389 e. The molecule has 2 saturated heterocycles. The quantitative estimate of drug-likeness (QED) is 0.474. The van der Waals surface area contributed by atoms with Gasteiger partial charge < -0.3 is 5.11 Å². The van der Waals surface area contributed by atoms with Gasteiger partial charge in [0, 0.05) is 11.3 Å². The number of rotatable bonds is 1. The van der Waals surface area contributed by atoms with Gasteiger partial charge >= 0.3 is 0 Å². The number of hydroxylamine groups is 2. The van der Waals surface area contributed by atoms with Crippen LogP contribution in [0, 0.1) is 27.4 Å². The van der Waals surface area contributed by atoms with Crippen LogP contribution in [0.4, 0.5) is 0 Å². The van der Waals surface area contributed by atoms with Crippen LogP contribution in [0.15, 0.2) is 0 Å². The summed E-state index contributed by atoms with van der Waals surface area (Å²) in [7, 11) is 0. The summed E-state index contributed by atoms with van der Waals surface area (Å²) in [5, 5.41) is 30.5. The Labute approximate surface area is 96.4 Å². The maximum absolute atomic E-state index is 10.8. The standard InChI is InChI=1S/C9H11N3O5/c10-3-5-1-9(8(5)13)2-6-7(11(14)15)4-16-12(6)17-9/h5-8,13H,1-2,4H2. The molecule has 17 heavy (non-hydrogen) atoms. The first-order chi connectivity index (χ1) is 8.07. The summed E-state index contributed by atoms with van der Waals surface area (Å²) in [4.78, 5) is 20.9. The maximum Gasteiger partial charge on any atom is 0.258 e. The highest BCUT2D eigenvalue weighted by Crippen LogP contribution is 2.51. The summed E-state index contributed by atoms with van der Waals surface area (Å²) in [6.45, 7) is -0.00841. The van der Waals surface area contributed by atoms with E-state index in [1.54, 1.807) is 0 Å². The van der Waals surface area contributed by atoms with Crippen molar-refractivity contribution in [2.24, 2.45) is 5.92 Å². The second-order valence-electron chi connectivity index (χ2n) is 4.75. The van der Waals surface area contributed by atoms with Crippen LogP contribution in [0.2, 0.25) is 0 Å². The largest absolute Gasteiger partial charge is 0.389 e. The van der Waals surface area contributed by atoms with Crippen molar-refractivity contribution in [2.45, 2.75) is 36.6 Å². The van der Waals surface area contributed by atoms with Crippen LogP contribution in [-0.4, -0.2) is 45.7 Å². The van der Waals surface area contributed by atoms with Crippen LogP contribution in [0.1, 0.15) is 12.8 Å². The number of nitro groups is 1. The van der Waals surface area contributed by atoms with Crippen molar-refractivity contribution in [3.05, 3.63) is 10.1 Å². The first-order valence-electron chi connectivity index (χ1n) is 5.40. The van der Waals surface area contributed by atoms with Crippen molar-refractivity contribution >= 4 is 0 Å². The van der Waals surface area contributed by atoms with Crippen molar-refractivity contribution in [1.29, 1.82) is 5.26 Å². The van der Waals surface area contributed by atoms with E-state index >= 15 is 0 Å². The average molecular weight is 241 g/mol. The summed E-state index contributed by atoms with van der Waals surface area (Å²) in [5.74, 6) is -0.455. The molecule has 0 aromatic rings. The molecule has 0 bridgehead atoms. The lowest BCUT2D eigenvalue weighted by atomic mass is 9.66. The Morgan fingerprint density at radius 2 is 2.35 bits per heavy atom. The Kier molecular flexibility index (Phi) is 2.15. The lowest BCUT2D eigenvalue weighted by Crippen LogP contribution is -2.58. The minimum atomic E-state index is -0.894. The summed E-state index contributed by atoms with van der Waals surface area (Å²) in [6.07, 6.45) is -0.169. The summed E-state index contributed by atoms with van der Waals surface area (Å²) < 4.78 is 0. The van der Waals surface area contributed by atoms with Crippen LogP contribution in [0.25, 0.3) is 0 Å². The van der Waals surface area contributed by atoms with Gasteiger partial charge in [0.25, 0.3) is 6.04 Å². The number of aliphatic hydroxyl groups excluding tert-OH is 1. The Morgan fingerprint density at radius 1 is 1.59 bits per heavy atom. The fourth-order valence-corrected chi connectivity index (χ4v) is 2.80. The monoisotopic (exact) mass is 241 g/mol. The van der Waals surface area contributed by atoms with E-state index in [1.807, 2.05) is 6.07 Å². The Hall–Kier alpha value is -1.27. The van der Waals surface area contributed by atoms with Crippen molar-refractivity contribution in [3.8, 4) is 6.07 Å². The number of aliphatic hydroxyl groups is 1. The fourth-order valence-electron chi connectivity index (χ4n) is 2.80. The molecular formula is C9H11N3O5. The van der Waals surface area contributed by atoms with Gasteiger partial charge in [-0.2, -0.15) is 5.26 Å². The van der Waals surface area contributed by atoms with Crippen molar-refractivity contribution in [3.63, 3.8) is 0 Å². The van der Waals surface area contributed by atoms with Gasteiger partial charge in [-0.3, -0.25) is 19.8 Å². The molecule has 3 rings (SSSR count). The van der Waals surface area contributed by atoms with Gasteiger partial charge in [0.15, 0.2) is 0 Å². The molecule has 2 aliphatic heterocycles. The SMILES string of the molecule is N#CC1CC2(CC3C([N+](=O)[O-])CON3O2)C1O. The molecule has 2 heterocycles. The van der Waals surface area contributed by atoms with E-state index in [2.05, 4.69) is 0 Å². The number of hydrogen-bond donors (Lipinski definition) is 1. The topological polar surface area (TPSA) is 109 Å². The molecule has 92 valence electrons. The highest BCUT2D eigenvalue weighted by molar-refractivity contribution is 5.15. The van der Waals surface area contributed by atoms with Gasteiger partial charge in [-0.15, -0.1) is 0 Å². The zero-order valence-electron chi connectivity index (χ0n) is 8.85. The molecule has 1 aliphatic carbocycles. The molecule has 8 nitrogen and oxygen atoms in total. The predicted molar refractivity (Wildman–Crippen MR) is 50.5 cm³/mol. The Bertz CT molecular complexity index is 410. The predicted octanol–water partition coefficient (Wildman–Crippen LogP) is -0.774. The normalized spacial score (nSPS) is 48.7. The summed E-state index contributed by atoms with van der Waals surface area (Å²) in [6, 6.07) is 0.675. The maximum atomic E-state index is 10.8. The number of nitrogens with zero attached hydrogens (tertiary/aromatic N) is 3. The minimum absolute atomic E-state index is 0.00841. The zero-order chi connectivity index (χ0) is 12.2. The fraction of sp³-hybridized carbons (Fsp3) is 0.889. The molecule has 0 amide bonds.